The van der Waals surface area contributed by atoms with Crippen molar-refractivity contribution in [2.24, 2.45) is 0 Å². The number of fused-ring (bicyclic) bond motifs is 1. The second-order valence-electron chi connectivity index (χ2n) is 5.44. The minimum atomic E-state index is -4.42. The van der Waals surface area contributed by atoms with Gasteiger partial charge in [-0.2, -0.15) is 13.2 Å². The predicted molar refractivity (Wildman–Crippen MR) is 84.5 cm³/mol. The molecule has 1 heterocycles. The summed E-state index contributed by atoms with van der Waals surface area (Å²) in [5.41, 5.74) is 0.896. The van der Waals surface area contributed by atoms with Crippen molar-refractivity contribution in [1.82, 2.24) is 4.98 Å². The summed E-state index contributed by atoms with van der Waals surface area (Å²) in [7, 11) is 1.53. The third-order valence-corrected chi connectivity index (χ3v) is 3.89. The van der Waals surface area contributed by atoms with Crippen LogP contribution in [0.5, 0.6) is 5.75 Å². The van der Waals surface area contributed by atoms with Crippen molar-refractivity contribution >= 4 is 16.7 Å². The molecule has 6 heteroatoms. The van der Waals surface area contributed by atoms with Crippen LogP contribution in [0.3, 0.4) is 0 Å². The normalized spacial score (nSPS) is 11.7. The van der Waals surface area contributed by atoms with Crippen molar-refractivity contribution in [3.05, 3.63) is 64.8 Å². The molecule has 0 unspecified atom stereocenters. The maximum atomic E-state index is 12.8. The summed E-state index contributed by atoms with van der Waals surface area (Å²) < 4.78 is 43.5. The molecule has 3 nitrogen and oxygen atoms in total. The number of hydrogen-bond donors (Lipinski definition) is 1. The largest absolute Gasteiger partial charge is 0.497 e. The molecule has 0 fully saturated rings. The summed E-state index contributed by atoms with van der Waals surface area (Å²) in [5, 5.41) is 0.473. The molecule has 0 saturated carbocycles. The standard InChI is InChI=1S/C18H14F3NO2/c1-10-16(17(23)11-3-6-13(24-2)7-4-11)14-8-5-12(18(19,20)21)9-15(14)22-10/h3-9,22H,1-2H3. The molecule has 0 bridgehead atoms. The molecule has 1 N–H and O–H groups in total. The first-order chi connectivity index (χ1) is 11.3. The summed E-state index contributed by atoms with van der Waals surface area (Å²) >= 11 is 0. The number of aromatic amines is 1. The van der Waals surface area contributed by atoms with E-state index < -0.39 is 11.7 Å². The van der Waals surface area contributed by atoms with Gasteiger partial charge in [-0.3, -0.25) is 4.79 Å². The van der Waals surface area contributed by atoms with Gasteiger partial charge in [0.05, 0.1) is 18.2 Å². The fraction of sp³-hybridized carbons (Fsp3) is 0.167. The van der Waals surface area contributed by atoms with Crippen molar-refractivity contribution < 1.29 is 22.7 Å². The molecule has 2 aromatic carbocycles. The highest BCUT2D eigenvalue weighted by Gasteiger charge is 2.31. The smallest absolute Gasteiger partial charge is 0.416 e. The first-order valence-corrected chi connectivity index (χ1v) is 7.19. The van der Waals surface area contributed by atoms with Crippen LogP contribution in [0.4, 0.5) is 13.2 Å². The lowest BCUT2D eigenvalue weighted by Gasteiger charge is -2.06. The number of carbonyl (C=O) groups excluding carboxylic acids is 1. The molecule has 0 atom stereocenters. The fourth-order valence-corrected chi connectivity index (χ4v) is 2.69. The average molecular weight is 333 g/mol. The average Bonchev–Trinajstić information content (AvgIpc) is 2.88. The Morgan fingerprint density at radius 1 is 1.08 bits per heavy atom. The Labute approximate surface area is 136 Å². The molecular formula is C18H14F3NO2. The second kappa shape index (κ2) is 5.70. The second-order valence-corrected chi connectivity index (χ2v) is 5.44. The van der Waals surface area contributed by atoms with Crippen LogP contribution in [0.25, 0.3) is 10.9 Å². The lowest BCUT2D eigenvalue weighted by Crippen LogP contribution is -2.04. The van der Waals surface area contributed by atoms with E-state index >= 15 is 0 Å². The zero-order valence-electron chi connectivity index (χ0n) is 13.0. The van der Waals surface area contributed by atoms with Crippen molar-refractivity contribution in [2.45, 2.75) is 13.1 Å². The number of benzene rings is 2. The van der Waals surface area contributed by atoms with E-state index in [1.165, 1.54) is 13.2 Å². The first-order valence-electron chi connectivity index (χ1n) is 7.19. The minimum absolute atomic E-state index is 0.249. The monoisotopic (exact) mass is 333 g/mol. The highest BCUT2D eigenvalue weighted by Crippen LogP contribution is 2.33. The molecule has 124 valence electrons. The number of hydrogen-bond acceptors (Lipinski definition) is 2. The Balaban J connectivity index is 2.08. The van der Waals surface area contributed by atoms with E-state index in [9.17, 15) is 18.0 Å². The molecule has 1 aromatic heterocycles. The number of aryl methyl sites for hydroxylation is 1. The van der Waals surface area contributed by atoms with Gasteiger partial charge in [0.25, 0.3) is 0 Å². The fourth-order valence-electron chi connectivity index (χ4n) is 2.69. The van der Waals surface area contributed by atoms with Gasteiger partial charge in [0.15, 0.2) is 5.78 Å². The molecule has 3 rings (SSSR count). The highest BCUT2D eigenvalue weighted by molar-refractivity contribution is 6.17. The number of aromatic nitrogens is 1. The number of carbonyl (C=O) groups is 1. The van der Waals surface area contributed by atoms with E-state index in [-0.39, 0.29) is 5.78 Å². The number of H-pyrrole nitrogens is 1. The molecule has 3 aromatic rings. The third kappa shape index (κ3) is 2.75. The van der Waals surface area contributed by atoms with Gasteiger partial charge in [0, 0.05) is 22.2 Å². The van der Waals surface area contributed by atoms with Gasteiger partial charge in [0.2, 0.25) is 0 Å². The van der Waals surface area contributed by atoms with Crippen LogP contribution in [0.2, 0.25) is 0 Å². The SMILES string of the molecule is COc1ccc(C(=O)c2c(C)[nH]c3cc(C(F)(F)F)ccc23)cc1. The van der Waals surface area contributed by atoms with Crippen molar-refractivity contribution in [3.8, 4) is 5.75 Å². The summed E-state index contributed by atoms with van der Waals surface area (Å²) in [6.45, 7) is 1.67. The topological polar surface area (TPSA) is 42.1 Å². The Bertz CT molecular complexity index is 908. The molecule has 24 heavy (non-hydrogen) atoms. The molecule has 0 spiro atoms. The van der Waals surface area contributed by atoms with E-state index in [1.54, 1.807) is 31.2 Å². The summed E-state index contributed by atoms with van der Waals surface area (Å²) in [6, 6.07) is 9.93. The van der Waals surface area contributed by atoms with Crippen LogP contribution in [-0.2, 0) is 6.18 Å². The Hall–Kier alpha value is -2.76. The van der Waals surface area contributed by atoms with Gasteiger partial charge < -0.3 is 9.72 Å². The first kappa shape index (κ1) is 16.1. The zero-order valence-corrected chi connectivity index (χ0v) is 13.0. The minimum Gasteiger partial charge on any atom is -0.497 e. The van der Waals surface area contributed by atoms with Crippen LogP contribution < -0.4 is 4.74 Å². The lowest BCUT2D eigenvalue weighted by atomic mass is 9.99. The molecule has 0 aliphatic rings. The van der Waals surface area contributed by atoms with Crippen LogP contribution >= 0.6 is 0 Å². The Kier molecular flexibility index (Phi) is 3.83. The summed E-state index contributed by atoms with van der Waals surface area (Å²) in [4.78, 5) is 15.6. The van der Waals surface area contributed by atoms with Gasteiger partial charge in [-0.1, -0.05) is 6.07 Å². The number of methoxy groups -OCH3 is 1. The van der Waals surface area contributed by atoms with Gasteiger partial charge in [-0.15, -0.1) is 0 Å². The number of halogens is 3. The number of ketones is 1. The molecule has 0 aliphatic heterocycles. The van der Waals surface area contributed by atoms with Crippen molar-refractivity contribution in [1.29, 1.82) is 0 Å². The molecular weight excluding hydrogens is 319 g/mol. The number of nitrogens with one attached hydrogen (secondary N) is 1. The van der Waals surface area contributed by atoms with Crippen LogP contribution in [-0.4, -0.2) is 17.9 Å². The lowest BCUT2D eigenvalue weighted by molar-refractivity contribution is -0.137. The van der Waals surface area contributed by atoms with Gasteiger partial charge in [0.1, 0.15) is 5.75 Å². The third-order valence-electron chi connectivity index (χ3n) is 3.89. The van der Waals surface area contributed by atoms with E-state index in [2.05, 4.69) is 4.98 Å². The molecule has 0 radical (unpaired) electrons. The molecule has 0 saturated heterocycles. The summed E-state index contributed by atoms with van der Waals surface area (Å²) in [6.07, 6.45) is -4.42. The van der Waals surface area contributed by atoms with Crippen molar-refractivity contribution in [2.75, 3.05) is 7.11 Å². The highest BCUT2D eigenvalue weighted by atomic mass is 19.4. The predicted octanol–water partition coefficient (Wildman–Crippen LogP) is 4.73. The van der Waals surface area contributed by atoms with E-state index in [4.69, 9.17) is 4.74 Å². The maximum Gasteiger partial charge on any atom is 0.416 e. The molecule has 0 amide bonds. The van der Waals surface area contributed by atoms with Gasteiger partial charge >= 0.3 is 6.18 Å². The van der Waals surface area contributed by atoms with Crippen molar-refractivity contribution in [3.63, 3.8) is 0 Å². The number of alkyl halides is 3. The number of ether oxygens (including phenoxy) is 1. The van der Waals surface area contributed by atoms with E-state index in [0.29, 0.717) is 33.5 Å². The maximum absolute atomic E-state index is 12.8. The number of rotatable bonds is 3. The van der Waals surface area contributed by atoms with Crippen LogP contribution in [0, 0.1) is 6.92 Å². The zero-order chi connectivity index (χ0) is 17.5. The Morgan fingerprint density at radius 2 is 1.75 bits per heavy atom. The van der Waals surface area contributed by atoms with Gasteiger partial charge in [-0.05, 0) is 43.3 Å². The van der Waals surface area contributed by atoms with E-state index in [1.807, 2.05) is 0 Å². The van der Waals surface area contributed by atoms with E-state index in [0.717, 1.165) is 12.1 Å². The van der Waals surface area contributed by atoms with Crippen LogP contribution in [0.1, 0.15) is 27.2 Å². The summed E-state index contributed by atoms with van der Waals surface area (Å²) in [5.74, 6) is 0.373. The Morgan fingerprint density at radius 3 is 2.33 bits per heavy atom. The van der Waals surface area contributed by atoms with Gasteiger partial charge in [-0.25, -0.2) is 0 Å². The van der Waals surface area contributed by atoms with Crippen LogP contribution in [0.15, 0.2) is 42.5 Å². The molecule has 0 aliphatic carbocycles. The quantitative estimate of drug-likeness (QED) is 0.704.